The molecule has 1 aliphatic heterocycles. The number of hydrogen-bond acceptors (Lipinski definition) is 5. The molecular formula is C18H20N4O4S. The van der Waals surface area contributed by atoms with Crippen molar-refractivity contribution in [2.75, 3.05) is 26.3 Å². The molecule has 3 aromatic rings. The van der Waals surface area contributed by atoms with Gasteiger partial charge < -0.3 is 4.74 Å². The van der Waals surface area contributed by atoms with Gasteiger partial charge in [-0.1, -0.05) is 24.3 Å². The maximum absolute atomic E-state index is 12.8. The topological polar surface area (TPSA) is 85.9 Å². The van der Waals surface area contributed by atoms with Gasteiger partial charge in [-0.05, 0) is 30.2 Å². The second kappa shape index (κ2) is 6.91. The lowest BCUT2D eigenvalue weighted by molar-refractivity contribution is 0.0730. The van der Waals surface area contributed by atoms with Crippen LogP contribution in [0.3, 0.4) is 0 Å². The largest absolute Gasteiger partial charge is 0.379 e. The van der Waals surface area contributed by atoms with Gasteiger partial charge in [-0.15, -0.1) is 5.10 Å². The summed E-state index contributed by atoms with van der Waals surface area (Å²) in [4.78, 5) is 12.8. The number of benzene rings is 1. The number of aryl methyl sites for hydroxylation is 1. The van der Waals surface area contributed by atoms with Crippen LogP contribution < -0.4 is 5.69 Å². The number of aromatic nitrogens is 3. The maximum Gasteiger partial charge on any atom is 0.350 e. The van der Waals surface area contributed by atoms with E-state index in [0.29, 0.717) is 38.5 Å². The number of hydrogen-bond donors (Lipinski definition) is 0. The standard InChI is InChI=1S/C18H20N4O4S/c1-14-4-2-3-5-15(14)12-22-18(23)21-13-16(6-7-17(21)19-22)27(24,25)20-8-10-26-11-9-20/h2-7,13H,8-12H2,1H3. The summed E-state index contributed by atoms with van der Waals surface area (Å²) in [6.45, 7) is 3.66. The van der Waals surface area contributed by atoms with Crippen molar-refractivity contribution in [3.63, 3.8) is 0 Å². The van der Waals surface area contributed by atoms with Crippen molar-refractivity contribution < 1.29 is 13.2 Å². The van der Waals surface area contributed by atoms with Gasteiger partial charge in [-0.25, -0.2) is 22.3 Å². The van der Waals surface area contributed by atoms with Gasteiger partial charge in [-0.3, -0.25) is 0 Å². The lowest BCUT2D eigenvalue weighted by atomic mass is 10.1. The molecule has 9 heteroatoms. The van der Waals surface area contributed by atoms with Crippen molar-refractivity contribution in [1.82, 2.24) is 18.5 Å². The quantitative estimate of drug-likeness (QED) is 0.662. The van der Waals surface area contributed by atoms with Gasteiger partial charge in [0.05, 0.1) is 24.7 Å². The number of ether oxygens (including phenoxy) is 1. The van der Waals surface area contributed by atoms with Crippen LogP contribution >= 0.6 is 0 Å². The van der Waals surface area contributed by atoms with Crippen molar-refractivity contribution >= 4 is 15.7 Å². The molecule has 0 N–H and O–H groups in total. The molecule has 142 valence electrons. The van der Waals surface area contributed by atoms with E-state index in [9.17, 15) is 13.2 Å². The van der Waals surface area contributed by atoms with Crippen LogP contribution in [-0.4, -0.2) is 53.2 Å². The number of nitrogens with zero attached hydrogens (tertiary/aromatic N) is 4. The smallest absolute Gasteiger partial charge is 0.350 e. The van der Waals surface area contributed by atoms with Crippen LogP contribution in [-0.2, 0) is 21.3 Å². The van der Waals surface area contributed by atoms with E-state index in [2.05, 4.69) is 5.10 Å². The number of rotatable bonds is 4. The van der Waals surface area contributed by atoms with Crippen LogP contribution in [0.1, 0.15) is 11.1 Å². The number of pyridine rings is 1. The summed E-state index contributed by atoms with van der Waals surface area (Å²) in [7, 11) is -3.67. The Morgan fingerprint density at radius 3 is 2.59 bits per heavy atom. The Kier molecular flexibility index (Phi) is 4.58. The highest BCUT2D eigenvalue weighted by Crippen LogP contribution is 2.17. The highest BCUT2D eigenvalue weighted by atomic mass is 32.2. The molecule has 8 nitrogen and oxygen atoms in total. The summed E-state index contributed by atoms with van der Waals surface area (Å²) >= 11 is 0. The monoisotopic (exact) mass is 388 g/mol. The molecular weight excluding hydrogens is 368 g/mol. The maximum atomic E-state index is 12.8. The summed E-state index contributed by atoms with van der Waals surface area (Å²) in [6, 6.07) is 10.8. The molecule has 2 aromatic heterocycles. The lowest BCUT2D eigenvalue weighted by Gasteiger charge is -2.25. The Morgan fingerprint density at radius 1 is 1.11 bits per heavy atom. The van der Waals surface area contributed by atoms with Gasteiger partial charge in [0.15, 0.2) is 5.65 Å². The van der Waals surface area contributed by atoms with Crippen LogP contribution in [0, 0.1) is 6.92 Å². The summed E-state index contributed by atoms with van der Waals surface area (Å²) < 4.78 is 34.8. The molecule has 1 fully saturated rings. The highest BCUT2D eigenvalue weighted by molar-refractivity contribution is 7.89. The van der Waals surface area contributed by atoms with Gasteiger partial charge in [0.25, 0.3) is 0 Å². The average molecular weight is 388 g/mol. The van der Waals surface area contributed by atoms with Crippen molar-refractivity contribution in [2.24, 2.45) is 0 Å². The third-order valence-corrected chi connectivity index (χ3v) is 6.62. The van der Waals surface area contributed by atoms with Crippen LogP contribution in [0.2, 0.25) is 0 Å². The molecule has 0 amide bonds. The molecule has 4 rings (SSSR count). The molecule has 1 aliphatic rings. The molecule has 0 radical (unpaired) electrons. The fourth-order valence-electron chi connectivity index (χ4n) is 3.14. The zero-order valence-corrected chi connectivity index (χ0v) is 15.7. The van der Waals surface area contributed by atoms with Crippen molar-refractivity contribution in [2.45, 2.75) is 18.4 Å². The van der Waals surface area contributed by atoms with Gasteiger partial charge >= 0.3 is 5.69 Å². The fraction of sp³-hybridized carbons (Fsp3) is 0.333. The van der Waals surface area contributed by atoms with Crippen LogP contribution in [0.4, 0.5) is 0 Å². The molecule has 0 aliphatic carbocycles. The Hall–Kier alpha value is -2.49. The van der Waals surface area contributed by atoms with Gasteiger partial charge in [-0.2, -0.15) is 4.31 Å². The van der Waals surface area contributed by atoms with Gasteiger partial charge in [0, 0.05) is 19.3 Å². The molecule has 3 heterocycles. The van der Waals surface area contributed by atoms with Crippen LogP contribution in [0.15, 0.2) is 52.3 Å². The minimum atomic E-state index is -3.67. The summed E-state index contributed by atoms with van der Waals surface area (Å²) in [5.74, 6) is 0. The van der Waals surface area contributed by atoms with Crippen molar-refractivity contribution in [1.29, 1.82) is 0 Å². The molecule has 0 atom stereocenters. The first kappa shape index (κ1) is 17.9. The normalized spacial score (nSPS) is 16.0. The molecule has 0 saturated carbocycles. The molecule has 0 unspecified atom stereocenters. The zero-order chi connectivity index (χ0) is 19.0. The SMILES string of the molecule is Cc1ccccc1Cn1nc2ccc(S(=O)(=O)N3CCOCC3)cn2c1=O. The Balaban J connectivity index is 1.72. The third kappa shape index (κ3) is 3.29. The van der Waals surface area contributed by atoms with Crippen molar-refractivity contribution in [3.8, 4) is 0 Å². The van der Waals surface area contributed by atoms with E-state index in [4.69, 9.17) is 4.74 Å². The minimum absolute atomic E-state index is 0.0782. The number of fused-ring (bicyclic) bond motifs is 1. The molecule has 0 spiro atoms. The Morgan fingerprint density at radius 2 is 1.85 bits per heavy atom. The summed E-state index contributed by atoms with van der Waals surface area (Å²) in [5.41, 5.74) is 2.10. The van der Waals surface area contributed by atoms with Crippen LogP contribution in [0.5, 0.6) is 0 Å². The summed E-state index contributed by atoms with van der Waals surface area (Å²) in [5, 5.41) is 4.32. The van der Waals surface area contributed by atoms with Gasteiger partial charge in [0.2, 0.25) is 10.0 Å². The summed E-state index contributed by atoms with van der Waals surface area (Å²) in [6.07, 6.45) is 1.35. The first-order chi connectivity index (χ1) is 13.0. The number of morpholine rings is 1. The minimum Gasteiger partial charge on any atom is -0.379 e. The molecule has 1 aromatic carbocycles. The second-order valence-corrected chi connectivity index (χ2v) is 8.41. The van der Waals surface area contributed by atoms with E-state index >= 15 is 0 Å². The fourth-order valence-corrected chi connectivity index (χ4v) is 4.55. The lowest BCUT2D eigenvalue weighted by Crippen LogP contribution is -2.40. The van der Waals surface area contributed by atoms with Gasteiger partial charge in [0.1, 0.15) is 0 Å². The van der Waals surface area contributed by atoms with E-state index in [0.717, 1.165) is 11.1 Å². The van der Waals surface area contributed by atoms with Crippen molar-refractivity contribution in [3.05, 3.63) is 64.2 Å². The molecule has 0 bridgehead atoms. The van der Waals surface area contributed by atoms with E-state index in [1.165, 1.54) is 25.7 Å². The third-order valence-electron chi connectivity index (χ3n) is 4.74. The van der Waals surface area contributed by atoms with E-state index in [-0.39, 0.29) is 10.6 Å². The first-order valence-electron chi connectivity index (χ1n) is 8.68. The predicted molar refractivity (Wildman–Crippen MR) is 99.3 cm³/mol. The zero-order valence-electron chi connectivity index (χ0n) is 14.9. The second-order valence-electron chi connectivity index (χ2n) is 6.48. The average Bonchev–Trinajstić information content (AvgIpc) is 2.99. The number of sulfonamides is 1. The molecule has 1 saturated heterocycles. The first-order valence-corrected chi connectivity index (χ1v) is 10.1. The van der Waals surface area contributed by atoms with Crippen LogP contribution in [0.25, 0.3) is 5.65 Å². The molecule has 27 heavy (non-hydrogen) atoms. The van der Waals surface area contributed by atoms with E-state index < -0.39 is 10.0 Å². The highest BCUT2D eigenvalue weighted by Gasteiger charge is 2.27. The van der Waals surface area contributed by atoms with E-state index in [1.807, 2.05) is 31.2 Å². The Bertz CT molecular complexity index is 1140. The van der Waals surface area contributed by atoms with E-state index in [1.54, 1.807) is 6.07 Å². The predicted octanol–water partition coefficient (Wildman–Crippen LogP) is 0.874. The Labute approximate surface area is 156 Å².